The molecule has 2 aliphatic rings. The molecule has 1 spiro atoms. The van der Waals surface area contributed by atoms with Gasteiger partial charge in [0.05, 0.1) is 12.8 Å². The molecule has 0 saturated carbocycles. The highest BCUT2D eigenvalue weighted by atomic mass is 32.1. The second-order valence-electron chi connectivity index (χ2n) is 8.05. The molecule has 1 aromatic carbocycles. The van der Waals surface area contributed by atoms with E-state index in [1.165, 1.54) is 6.07 Å². The molecule has 2 aromatic heterocycles. The molecule has 3 aromatic rings. The summed E-state index contributed by atoms with van der Waals surface area (Å²) >= 11 is 1.08. The largest absolute Gasteiger partial charge is 0.389 e. The molecule has 2 aliphatic heterocycles. The van der Waals surface area contributed by atoms with E-state index in [0.717, 1.165) is 49.8 Å². The number of hydrogen-bond donors (Lipinski definition) is 3. The van der Waals surface area contributed by atoms with E-state index >= 15 is 0 Å². The maximum absolute atomic E-state index is 14.1. The summed E-state index contributed by atoms with van der Waals surface area (Å²) in [6, 6.07) is 6.28. The number of nitrogens with one attached hydrogen (secondary N) is 2. The third-order valence-corrected chi connectivity index (χ3v) is 6.80. The maximum atomic E-state index is 14.1. The van der Waals surface area contributed by atoms with Crippen molar-refractivity contribution >= 4 is 33.8 Å². The number of nitrogens with zero attached hydrogens (tertiary/aromatic N) is 4. The number of thiazole rings is 1. The van der Waals surface area contributed by atoms with Crippen LogP contribution in [-0.4, -0.2) is 59.1 Å². The zero-order chi connectivity index (χ0) is 22.3. The van der Waals surface area contributed by atoms with Gasteiger partial charge in [0, 0.05) is 45.2 Å². The smallest absolute Gasteiger partial charge is 0.277 e. The van der Waals surface area contributed by atoms with Gasteiger partial charge in [0.25, 0.3) is 5.91 Å². The van der Waals surface area contributed by atoms with Crippen molar-refractivity contribution in [3.8, 4) is 10.6 Å². The molecule has 9 nitrogen and oxygen atoms in total. The monoisotopic (exact) mass is 457 g/mol. The van der Waals surface area contributed by atoms with E-state index in [1.807, 2.05) is 7.05 Å². The predicted octanol–water partition coefficient (Wildman–Crippen LogP) is 2.09. The van der Waals surface area contributed by atoms with Gasteiger partial charge >= 0.3 is 0 Å². The van der Waals surface area contributed by atoms with Crippen LogP contribution in [0, 0.1) is 5.82 Å². The van der Waals surface area contributed by atoms with E-state index in [4.69, 9.17) is 10.5 Å². The summed E-state index contributed by atoms with van der Waals surface area (Å²) in [7, 11) is 1.84. The zero-order valence-corrected chi connectivity index (χ0v) is 18.4. The molecule has 5 rings (SSSR count). The normalized spacial score (nSPS) is 20.8. The Labute approximate surface area is 188 Å². The van der Waals surface area contributed by atoms with Gasteiger partial charge in [0.1, 0.15) is 27.1 Å². The summed E-state index contributed by atoms with van der Waals surface area (Å²) in [4.78, 5) is 19.5. The second-order valence-corrected chi connectivity index (χ2v) is 9.08. The fraction of sp³-hybridized carbons (Fsp3) is 0.381. The number of aryl methyl sites for hydroxylation is 1. The maximum Gasteiger partial charge on any atom is 0.277 e. The number of ether oxygens (including phenoxy) is 1. The van der Waals surface area contributed by atoms with Gasteiger partial charge in [-0.2, -0.15) is 5.10 Å². The number of carbonyl (C=O) groups excluding carboxylic acids is 1. The Bertz CT molecular complexity index is 1160. The van der Waals surface area contributed by atoms with Crippen molar-refractivity contribution in [1.82, 2.24) is 20.1 Å². The minimum absolute atomic E-state index is 0.0689. The fourth-order valence-corrected chi connectivity index (χ4v) is 5.02. The van der Waals surface area contributed by atoms with E-state index in [9.17, 15) is 9.18 Å². The minimum atomic E-state index is -0.460. The first-order valence-corrected chi connectivity index (χ1v) is 11.2. The molecule has 1 amide bonds. The molecule has 0 radical (unpaired) electrons. The summed E-state index contributed by atoms with van der Waals surface area (Å²) in [5.41, 5.74) is 6.80. The van der Waals surface area contributed by atoms with E-state index in [-0.39, 0.29) is 16.3 Å². The molecule has 0 aliphatic carbocycles. The first kappa shape index (κ1) is 20.9. The number of nitrogen functional groups attached to an aromatic ring is 1. The molecule has 168 valence electrons. The zero-order valence-electron chi connectivity index (χ0n) is 17.6. The van der Waals surface area contributed by atoms with Crippen molar-refractivity contribution in [2.45, 2.75) is 12.0 Å². The topological polar surface area (TPSA) is 110 Å². The molecule has 1 atom stereocenters. The van der Waals surface area contributed by atoms with Crippen molar-refractivity contribution in [3.63, 3.8) is 0 Å². The van der Waals surface area contributed by atoms with Crippen LogP contribution >= 0.6 is 11.3 Å². The Morgan fingerprint density at radius 2 is 2.22 bits per heavy atom. The molecule has 4 N–H and O–H groups in total. The van der Waals surface area contributed by atoms with Gasteiger partial charge in [-0.25, -0.2) is 9.37 Å². The average Bonchev–Trinajstić information content (AvgIpc) is 3.21. The van der Waals surface area contributed by atoms with E-state index in [1.54, 1.807) is 29.1 Å². The highest BCUT2D eigenvalue weighted by Gasteiger charge is 2.42. The third kappa shape index (κ3) is 3.72. The van der Waals surface area contributed by atoms with Gasteiger partial charge in [0.2, 0.25) is 0 Å². The Balaban J connectivity index is 1.40. The fourth-order valence-electron chi connectivity index (χ4n) is 4.17. The summed E-state index contributed by atoms with van der Waals surface area (Å²) < 4.78 is 21.8. The van der Waals surface area contributed by atoms with Gasteiger partial charge in [0.15, 0.2) is 11.5 Å². The van der Waals surface area contributed by atoms with Crippen LogP contribution in [0.1, 0.15) is 16.9 Å². The van der Waals surface area contributed by atoms with Crippen LogP contribution in [0.5, 0.6) is 0 Å². The van der Waals surface area contributed by atoms with Crippen molar-refractivity contribution in [1.29, 1.82) is 0 Å². The lowest BCUT2D eigenvalue weighted by Crippen LogP contribution is -2.56. The number of anilines is 3. The number of halogens is 1. The predicted molar refractivity (Wildman–Crippen MR) is 121 cm³/mol. The molecule has 0 bridgehead atoms. The van der Waals surface area contributed by atoms with Crippen LogP contribution in [0.3, 0.4) is 0 Å². The molecule has 11 heteroatoms. The van der Waals surface area contributed by atoms with Crippen molar-refractivity contribution in [3.05, 3.63) is 42.0 Å². The van der Waals surface area contributed by atoms with Gasteiger partial charge in [-0.15, -0.1) is 0 Å². The van der Waals surface area contributed by atoms with E-state index in [2.05, 4.69) is 25.6 Å². The highest BCUT2D eigenvalue weighted by molar-refractivity contribution is 7.19. The van der Waals surface area contributed by atoms with Gasteiger partial charge < -0.3 is 26.0 Å². The average molecular weight is 458 g/mol. The molecule has 0 unspecified atom stereocenters. The number of rotatable bonds is 4. The van der Waals surface area contributed by atoms with Crippen LogP contribution in [0.25, 0.3) is 10.6 Å². The molecular formula is C21H24FN7O2S. The van der Waals surface area contributed by atoms with Gasteiger partial charge in [-0.1, -0.05) is 23.5 Å². The lowest BCUT2D eigenvalue weighted by molar-refractivity contribution is -0.135. The first-order chi connectivity index (χ1) is 15.5. The summed E-state index contributed by atoms with van der Waals surface area (Å²) in [6.07, 6.45) is 2.60. The Kier molecular flexibility index (Phi) is 5.31. The van der Waals surface area contributed by atoms with Crippen LogP contribution in [0.2, 0.25) is 0 Å². The van der Waals surface area contributed by atoms with Crippen LogP contribution in [0.15, 0.2) is 30.5 Å². The summed E-state index contributed by atoms with van der Waals surface area (Å²) in [5.74, 6) is -0.0807. The third-order valence-electron chi connectivity index (χ3n) is 5.88. The number of amides is 1. The molecule has 2 fully saturated rings. The molecule has 32 heavy (non-hydrogen) atoms. The van der Waals surface area contributed by atoms with Crippen LogP contribution in [-0.2, 0) is 11.8 Å². The van der Waals surface area contributed by atoms with Crippen LogP contribution in [0.4, 0.5) is 20.9 Å². The molecule has 4 heterocycles. The van der Waals surface area contributed by atoms with E-state index < -0.39 is 11.7 Å². The lowest BCUT2D eigenvalue weighted by Gasteiger charge is -2.43. The Morgan fingerprint density at radius 3 is 2.97 bits per heavy atom. The van der Waals surface area contributed by atoms with Gasteiger partial charge in [-0.05, 0) is 12.1 Å². The number of benzene rings is 1. The van der Waals surface area contributed by atoms with E-state index in [0.29, 0.717) is 22.8 Å². The second kappa shape index (κ2) is 8.15. The first-order valence-electron chi connectivity index (χ1n) is 10.4. The summed E-state index contributed by atoms with van der Waals surface area (Å²) in [5, 5.41) is 11.3. The number of hydrogen-bond acceptors (Lipinski definition) is 8. The van der Waals surface area contributed by atoms with Crippen molar-refractivity contribution in [2.75, 3.05) is 48.7 Å². The van der Waals surface area contributed by atoms with Gasteiger partial charge in [-0.3, -0.25) is 9.48 Å². The Morgan fingerprint density at radius 1 is 1.41 bits per heavy atom. The SMILES string of the molecule is Cn1ncc(NC(=O)c2nc(-c3ccccc3F)sc2N)c1N1CCNC[C@]2(CCO2)C1. The van der Waals surface area contributed by atoms with Crippen molar-refractivity contribution < 1.29 is 13.9 Å². The molecule has 2 saturated heterocycles. The highest BCUT2D eigenvalue weighted by Crippen LogP contribution is 2.35. The standard InChI is InChI=1S/C21H24FN7O2S/c1-28-20(29-8-7-24-11-21(12-29)6-9-31-21)15(10-25-28)26-18(30)16-17(23)32-19(27-16)13-4-2-3-5-14(13)22/h2-5,10,24H,6-9,11-12,23H2,1H3,(H,26,30)/t21-/m1/s1. The quantitative estimate of drug-likeness (QED) is 0.550. The minimum Gasteiger partial charge on any atom is -0.389 e. The van der Waals surface area contributed by atoms with Crippen LogP contribution < -0.4 is 21.3 Å². The summed E-state index contributed by atoms with van der Waals surface area (Å²) in [6.45, 7) is 3.83. The number of nitrogens with two attached hydrogens (primary N) is 1. The van der Waals surface area contributed by atoms with Crippen molar-refractivity contribution in [2.24, 2.45) is 7.05 Å². The Hall–Kier alpha value is -3.02. The molecular weight excluding hydrogens is 433 g/mol. The number of carbonyl (C=O) groups is 1. The number of aromatic nitrogens is 3. The lowest BCUT2D eigenvalue weighted by atomic mass is 9.94.